The predicted molar refractivity (Wildman–Crippen MR) is 172 cm³/mol. The van der Waals surface area contributed by atoms with Crippen LogP contribution in [0.1, 0.15) is 73.1 Å². The first-order valence-corrected chi connectivity index (χ1v) is 15.7. The molecule has 18 heteroatoms. The third kappa shape index (κ3) is 14.6. The molecule has 0 radical (unpaired) electrons. The average Bonchev–Trinajstić information content (AvgIpc) is 2.98. The van der Waals surface area contributed by atoms with Gasteiger partial charge in [0.25, 0.3) is 0 Å². The zero-order valence-corrected chi connectivity index (χ0v) is 28.1. The van der Waals surface area contributed by atoms with Crippen LogP contribution in [0.25, 0.3) is 0 Å². The van der Waals surface area contributed by atoms with Crippen molar-refractivity contribution in [2.75, 3.05) is 20.1 Å². The number of carbonyl (C=O) groups is 7. The van der Waals surface area contributed by atoms with E-state index in [-0.39, 0.29) is 50.7 Å². The molecule has 1 saturated heterocycles. The molecule has 47 heavy (non-hydrogen) atoms. The molecule has 0 unspecified atom stereocenters. The Morgan fingerprint density at radius 2 is 1.57 bits per heavy atom. The maximum atomic E-state index is 13.4. The van der Waals surface area contributed by atoms with Gasteiger partial charge in [-0.3, -0.25) is 29.0 Å². The standard InChI is InChI=1S/C29H52N10O8/c1-15(2)14-21-26(44)39(6)18(5)24(42)34-16(3)22(40)32-12-8-7-10-19(25(43)35-17(4)23(41)36-21)37-29(47)38-20(27(45)46)11-9-13-33-28(30)31/h15-21H,7-14H2,1-6H3,(H,32,40)(H,34,42)(H,35,43)(H,36,41)(H,45,46)(H4,30,31,33)(H2,37,38,47)/t16-,17-,18-,19+,20-,21-/m0/s1. The van der Waals surface area contributed by atoms with Gasteiger partial charge in [-0.25, -0.2) is 9.59 Å². The Hall–Kier alpha value is -4.64. The van der Waals surface area contributed by atoms with Crippen LogP contribution in [0.4, 0.5) is 4.79 Å². The van der Waals surface area contributed by atoms with Crippen LogP contribution in [-0.2, 0) is 28.8 Å². The fraction of sp³-hybridized carbons (Fsp3) is 0.724. The van der Waals surface area contributed by atoms with E-state index in [2.05, 4.69) is 36.9 Å². The highest BCUT2D eigenvalue weighted by molar-refractivity contribution is 5.96. The number of hydrogen-bond acceptors (Lipinski definition) is 8. The number of nitrogens with zero attached hydrogens (tertiary/aromatic N) is 2. The van der Waals surface area contributed by atoms with Crippen molar-refractivity contribution >= 4 is 47.5 Å². The summed E-state index contributed by atoms with van der Waals surface area (Å²) < 4.78 is 0. The van der Waals surface area contributed by atoms with Crippen molar-refractivity contribution in [3.8, 4) is 0 Å². The Morgan fingerprint density at radius 3 is 2.17 bits per heavy atom. The van der Waals surface area contributed by atoms with E-state index < -0.39 is 77.8 Å². The molecule has 6 atom stereocenters. The van der Waals surface area contributed by atoms with Gasteiger partial charge in [0.1, 0.15) is 36.3 Å². The van der Waals surface area contributed by atoms with Crippen LogP contribution in [0.3, 0.4) is 0 Å². The molecular weight excluding hydrogens is 616 g/mol. The van der Waals surface area contributed by atoms with Gasteiger partial charge in [-0.2, -0.15) is 0 Å². The van der Waals surface area contributed by atoms with Crippen molar-refractivity contribution in [3.63, 3.8) is 0 Å². The van der Waals surface area contributed by atoms with Gasteiger partial charge in [0.2, 0.25) is 29.5 Å². The first-order valence-electron chi connectivity index (χ1n) is 15.7. The molecule has 0 bridgehead atoms. The zero-order valence-electron chi connectivity index (χ0n) is 28.1. The number of aliphatic carboxylic acids is 1. The number of likely N-dealkylation sites (N-methyl/N-ethyl adjacent to an activating group) is 1. The lowest BCUT2D eigenvalue weighted by atomic mass is 10.0. The van der Waals surface area contributed by atoms with Crippen LogP contribution in [-0.4, -0.2) is 114 Å². The third-order valence-corrected chi connectivity index (χ3v) is 7.52. The van der Waals surface area contributed by atoms with E-state index >= 15 is 0 Å². The number of guanidine groups is 1. The Kier molecular flexibility index (Phi) is 17.0. The number of nitrogens with two attached hydrogens (primary N) is 2. The summed E-state index contributed by atoms with van der Waals surface area (Å²) in [5.74, 6) is -4.40. The van der Waals surface area contributed by atoms with Crippen molar-refractivity contribution in [1.82, 2.24) is 36.8 Å². The Morgan fingerprint density at radius 1 is 0.957 bits per heavy atom. The lowest BCUT2D eigenvalue weighted by Gasteiger charge is -2.30. The minimum Gasteiger partial charge on any atom is -0.480 e. The second-order valence-electron chi connectivity index (χ2n) is 12.1. The fourth-order valence-corrected chi connectivity index (χ4v) is 4.61. The van der Waals surface area contributed by atoms with Crippen molar-refractivity contribution in [2.45, 2.75) is 109 Å². The summed E-state index contributed by atoms with van der Waals surface area (Å²) in [5.41, 5.74) is 10.6. The molecule has 1 rings (SSSR count). The molecule has 7 amide bonds. The molecule has 0 aliphatic carbocycles. The van der Waals surface area contributed by atoms with Gasteiger partial charge in [0.05, 0.1) is 0 Å². The normalized spacial score (nSPS) is 24.7. The second kappa shape index (κ2) is 19.8. The maximum Gasteiger partial charge on any atom is 0.326 e. The van der Waals surface area contributed by atoms with E-state index in [1.165, 1.54) is 32.7 Å². The second-order valence-corrected chi connectivity index (χ2v) is 12.1. The number of amides is 7. The minimum absolute atomic E-state index is 0.0103. The summed E-state index contributed by atoms with van der Waals surface area (Å²) in [6.07, 6.45) is 1.32. The van der Waals surface area contributed by atoms with Crippen LogP contribution in [0.2, 0.25) is 0 Å². The summed E-state index contributed by atoms with van der Waals surface area (Å²) in [7, 11) is 1.42. The Bertz CT molecular complexity index is 1160. The van der Waals surface area contributed by atoms with Crippen LogP contribution in [0.5, 0.6) is 0 Å². The van der Waals surface area contributed by atoms with E-state index in [4.69, 9.17) is 11.5 Å². The number of carboxylic acid groups (broad SMARTS) is 1. The van der Waals surface area contributed by atoms with Crippen LogP contribution < -0.4 is 43.4 Å². The van der Waals surface area contributed by atoms with E-state index in [0.717, 1.165) is 0 Å². The molecule has 0 spiro atoms. The number of urea groups is 1. The number of nitrogens with one attached hydrogen (secondary N) is 6. The van der Waals surface area contributed by atoms with Gasteiger partial charge in [0, 0.05) is 20.1 Å². The van der Waals surface area contributed by atoms with E-state index in [1.54, 1.807) is 0 Å². The van der Waals surface area contributed by atoms with Crippen LogP contribution in [0.15, 0.2) is 4.99 Å². The predicted octanol–water partition coefficient (Wildman–Crippen LogP) is -2.15. The number of carbonyl (C=O) groups excluding carboxylic acids is 6. The summed E-state index contributed by atoms with van der Waals surface area (Å²) in [5, 5.41) is 24.9. The molecule has 1 heterocycles. The molecule has 1 fully saturated rings. The van der Waals surface area contributed by atoms with Crippen molar-refractivity contribution < 1.29 is 38.7 Å². The lowest BCUT2D eigenvalue weighted by molar-refractivity contribution is -0.142. The molecule has 1 aliphatic rings. The van der Waals surface area contributed by atoms with Gasteiger partial charge in [-0.15, -0.1) is 0 Å². The molecule has 0 aromatic heterocycles. The first kappa shape index (κ1) is 40.4. The lowest BCUT2D eigenvalue weighted by Crippen LogP contribution is -2.59. The molecule has 0 aromatic carbocycles. The topological polar surface area (TPSA) is 280 Å². The number of aliphatic imine (C=N–C) groups is 1. The molecular formula is C29H52N10O8. The molecule has 0 aromatic rings. The van der Waals surface area contributed by atoms with Gasteiger partial charge >= 0.3 is 12.0 Å². The molecule has 18 nitrogen and oxygen atoms in total. The average molecular weight is 669 g/mol. The smallest absolute Gasteiger partial charge is 0.326 e. The van der Waals surface area contributed by atoms with Gasteiger partial charge in [-0.1, -0.05) is 13.8 Å². The molecule has 1 aliphatic heterocycles. The number of rotatable bonds is 9. The highest BCUT2D eigenvalue weighted by Gasteiger charge is 2.33. The highest BCUT2D eigenvalue weighted by atomic mass is 16.4. The zero-order chi connectivity index (χ0) is 35.8. The fourth-order valence-electron chi connectivity index (χ4n) is 4.61. The van der Waals surface area contributed by atoms with Crippen LogP contribution in [0, 0.1) is 5.92 Å². The minimum atomic E-state index is -1.30. The molecule has 11 N–H and O–H groups in total. The van der Waals surface area contributed by atoms with Gasteiger partial charge in [-0.05, 0) is 65.2 Å². The van der Waals surface area contributed by atoms with Gasteiger partial charge < -0.3 is 53.4 Å². The summed E-state index contributed by atoms with van der Waals surface area (Å²) in [6.45, 7) is 8.48. The van der Waals surface area contributed by atoms with Gasteiger partial charge in [0.15, 0.2) is 5.96 Å². The first-order chi connectivity index (χ1) is 21.9. The van der Waals surface area contributed by atoms with Crippen molar-refractivity contribution in [2.24, 2.45) is 22.4 Å². The summed E-state index contributed by atoms with van der Waals surface area (Å²) in [4.78, 5) is 94.9. The monoisotopic (exact) mass is 668 g/mol. The summed E-state index contributed by atoms with van der Waals surface area (Å²) in [6, 6.07) is -7.43. The highest BCUT2D eigenvalue weighted by Crippen LogP contribution is 2.11. The van der Waals surface area contributed by atoms with Crippen molar-refractivity contribution in [3.05, 3.63) is 0 Å². The molecule has 0 saturated carbocycles. The number of hydrogen-bond donors (Lipinski definition) is 9. The van der Waals surface area contributed by atoms with E-state index in [0.29, 0.717) is 12.8 Å². The maximum absolute atomic E-state index is 13.4. The third-order valence-electron chi connectivity index (χ3n) is 7.52. The SMILES string of the molecule is CC(C)C[C@@H]1NC(=O)[C@H](C)NC(=O)[C@H](NC(=O)N[C@@H](CCCN=C(N)N)C(=O)O)CCCCNC(=O)[C@H](C)NC(=O)[C@H](C)N(C)C1=O. The summed E-state index contributed by atoms with van der Waals surface area (Å²) >= 11 is 0. The van der Waals surface area contributed by atoms with E-state index in [9.17, 15) is 38.7 Å². The quantitative estimate of drug-likeness (QED) is 0.0729. The largest absolute Gasteiger partial charge is 0.480 e. The van der Waals surface area contributed by atoms with Crippen molar-refractivity contribution in [1.29, 1.82) is 0 Å². The van der Waals surface area contributed by atoms with E-state index in [1.807, 2.05) is 13.8 Å². The number of carboxylic acids is 1. The Balaban J connectivity index is 3.20. The molecule has 266 valence electrons. The van der Waals surface area contributed by atoms with Crippen LogP contribution >= 0.6 is 0 Å². The Labute approximate surface area is 275 Å².